The zero-order valence-corrected chi connectivity index (χ0v) is 14.3. The predicted octanol–water partition coefficient (Wildman–Crippen LogP) is 4.65. The van der Waals surface area contributed by atoms with Crippen LogP contribution in [0.2, 0.25) is 0 Å². The number of nitrogen functional groups attached to an aromatic ring is 1. The first-order valence-corrected chi connectivity index (χ1v) is 8.46. The zero-order valence-electron chi connectivity index (χ0n) is 12.7. The van der Waals surface area contributed by atoms with Gasteiger partial charge in [0.15, 0.2) is 0 Å². The normalized spacial score (nSPS) is 17.3. The van der Waals surface area contributed by atoms with Crippen LogP contribution in [0, 0.1) is 0 Å². The molecule has 1 heterocycles. The summed E-state index contributed by atoms with van der Waals surface area (Å²) in [6, 6.07) is 8.28. The van der Waals surface area contributed by atoms with Crippen LogP contribution in [0.15, 0.2) is 28.7 Å². The second-order valence-corrected chi connectivity index (χ2v) is 6.91. The smallest absolute Gasteiger partial charge is 0.129 e. The van der Waals surface area contributed by atoms with Crippen LogP contribution in [-0.2, 0) is 12.5 Å². The van der Waals surface area contributed by atoms with Gasteiger partial charge >= 0.3 is 0 Å². The fourth-order valence-corrected chi connectivity index (χ4v) is 4.13. The van der Waals surface area contributed by atoms with E-state index in [4.69, 9.17) is 10.8 Å². The molecule has 112 valence electrons. The number of aromatic nitrogens is 2. The molecule has 4 heteroatoms. The number of hydrogen-bond acceptors (Lipinski definition) is 2. The van der Waals surface area contributed by atoms with Crippen molar-refractivity contribution in [2.45, 2.75) is 44.4 Å². The number of anilines is 1. The number of nitrogens with two attached hydrogens (primary N) is 1. The maximum absolute atomic E-state index is 6.37. The quantitative estimate of drug-likeness (QED) is 0.877. The molecule has 0 radical (unpaired) electrons. The van der Waals surface area contributed by atoms with E-state index in [-0.39, 0.29) is 5.41 Å². The van der Waals surface area contributed by atoms with E-state index in [1.54, 1.807) is 0 Å². The molecule has 1 aliphatic carbocycles. The summed E-state index contributed by atoms with van der Waals surface area (Å²) in [6.07, 6.45) is 6.15. The Bertz CT molecular complexity index is 654. The summed E-state index contributed by atoms with van der Waals surface area (Å²) >= 11 is 3.67. The predicted molar refractivity (Wildman–Crippen MR) is 91.2 cm³/mol. The van der Waals surface area contributed by atoms with Gasteiger partial charge in [-0.25, -0.2) is 0 Å². The molecule has 2 aromatic rings. The lowest BCUT2D eigenvalue weighted by Gasteiger charge is -2.27. The molecular formula is C17H22BrN3. The van der Waals surface area contributed by atoms with Crippen LogP contribution < -0.4 is 5.73 Å². The lowest BCUT2D eigenvalue weighted by Crippen LogP contribution is -2.22. The third-order valence-corrected chi connectivity index (χ3v) is 5.67. The van der Waals surface area contributed by atoms with E-state index in [9.17, 15) is 0 Å². The molecule has 1 saturated carbocycles. The Morgan fingerprint density at radius 3 is 2.57 bits per heavy atom. The Kier molecular flexibility index (Phi) is 3.82. The zero-order chi connectivity index (χ0) is 15.0. The molecule has 1 aliphatic rings. The highest BCUT2D eigenvalue weighted by Gasteiger charge is 2.39. The number of nitrogens with zero attached hydrogens (tertiary/aromatic N) is 2. The molecule has 0 saturated heterocycles. The summed E-state index contributed by atoms with van der Waals surface area (Å²) in [4.78, 5) is 0. The van der Waals surface area contributed by atoms with Crippen molar-refractivity contribution in [3.05, 3.63) is 34.4 Å². The van der Waals surface area contributed by atoms with Gasteiger partial charge in [0.1, 0.15) is 5.82 Å². The molecule has 1 fully saturated rings. The Morgan fingerprint density at radius 2 is 1.95 bits per heavy atom. The lowest BCUT2D eigenvalue weighted by molar-refractivity contribution is 0.408. The molecule has 0 unspecified atom stereocenters. The van der Waals surface area contributed by atoms with Crippen molar-refractivity contribution in [1.82, 2.24) is 9.78 Å². The van der Waals surface area contributed by atoms with Gasteiger partial charge in [-0.3, -0.25) is 4.68 Å². The first kappa shape index (κ1) is 14.6. The average Bonchev–Trinajstić information content (AvgIpc) is 3.07. The van der Waals surface area contributed by atoms with Crippen molar-refractivity contribution in [3.8, 4) is 11.1 Å². The lowest BCUT2D eigenvalue weighted by atomic mass is 9.77. The molecule has 2 N–H and O–H groups in total. The maximum Gasteiger partial charge on any atom is 0.129 e. The Labute approximate surface area is 134 Å². The van der Waals surface area contributed by atoms with Gasteiger partial charge < -0.3 is 5.73 Å². The molecule has 0 bridgehead atoms. The standard InChI is InChI=1S/C17H22BrN3/c1-3-17(10-6-7-11-17)15-14(16(19)21(2)20-15)12-8-4-5-9-13(12)18/h4-5,8-9H,3,6-7,10-11,19H2,1-2H3. The summed E-state index contributed by atoms with van der Waals surface area (Å²) < 4.78 is 2.91. The molecule has 1 aromatic heterocycles. The monoisotopic (exact) mass is 347 g/mol. The molecule has 21 heavy (non-hydrogen) atoms. The number of halogens is 1. The van der Waals surface area contributed by atoms with Crippen LogP contribution in [0.5, 0.6) is 0 Å². The van der Waals surface area contributed by atoms with Gasteiger partial charge in [0.25, 0.3) is 0 Å². The maximum atomic E-state index is 6.37. The average molecular weight is 348 g/mol. The molecule has 3 rings (SSSR count). The third-order valence-electron chi connectivity index (χ3n) is 4.97. The fraction of sp³-hybridized carbons (Fsp3) is 0.471. The van der Waals surface area contributed by atoms with Gasteiger partial charge in [-0.05, 0) is 25.3 Å². The van der Waals surface area contributed by atoms with Crippen LogP contribution in [0.25, 0.3) is 11.1 Å². The number of aryl methyl sites for hydroxylation is 1. The molecular weight excluding hydrogens is 326 g/mol. The minimum Gasteiger partial charge on any atom is -0.383 e. The van der Waals surface area contributed by atoms with E-state index in [0.717, 1.165) is 27.8 Å². The summed E-state index contributed by atoms with van der Waals surface area (Å²) in [5, 5.41) is 4.82. The van der Waals surface area contributed by atoms with E-state index in [0.29, 0.717) is 0 Å². The van der Waals surface area contributed by atoms with Crippen molar-refractivity contribution in [3.63, 3.8) is 0 Å². The van der Waals surface area contributed by atoms with Gasteiger partial charge in [0, 0.05) is 28.1 Å². The van der Waals surface area contributed by atoms with Crippen LogP contribution in [-0.4, -0.2) is 9.78 Å². The summed E-state index contributed by atoms with van der Waals surface area (Å²) in [5.41, 5.74) is 10.0. The molecule has 1 aromatic carbocycles. The number of rotatable bonds is 3. The molecule has 0 atom stereocenters. The summed E-state index contributed by atoms with van der Waals surface area (Å²) in [5.74, 6) is 0.761. The molecule has 0 spiro atoms. The van der Waals surface area contributed by atoms with Gasteiger partial charge in [-0.1, -0.05) is 53.9 Å². The van der Waals surface area contributed by atoms with Crippen LogP contribution >= 0.6 is 15.9 Å². The highest BCUT2D eigenvalue weighted by molar-refractivity contribution is 9.10. The Hall–Kier alpha value is -1.29. The topological polar surface area (TPSA) is 43.8 Å². The fourth-order valence-electron chi connectivity index (χ4n) is 3.65. The van der Waals surface area contributed by atoms with E-state index in [2.05, 4.69) is 41.1 Å². The minimum atomic E-state index is 0.194. The van der Waals surface area contributed by atoms with Crippen LogP contribution in [0.1, 0.15) is 44.7 Å². The van der Waals surface area contributed by atoms with Crippen molar-refractivity contribution >= 4 is 21.7 Å². The highest BCUT2D eigenvalue weighted by Crippen LogP contribution is 2.48. The second kappa shape index (κ2) is 5.48. The molecule has 0 aliphatic heterocycles. The highest BCUT2D eigenvalue weighted by atomic mass is 79.9. The van der Waals surface area contributed by atoms with Gasteiger partial charge in [0.05, 0.1) is 5.69 Å². The molecule has 3 nitrogen and oxygen atoms in total. The van der Waals surface area contributed by atoms with E-state index in [1.165, 1.54) is 31.4 Å². The van der Waals surface area contributed by atoms with Crippen LogP contribution in [0.4, 0.5) is 5.82 Å². The van der Waals surface area contributed by atoms with Crippen molar-refractivity contribution < 1.29 is 0 Å². The van der Waals surface area contributed by atoms with Crippen molar-refractivity contribution in [1.29, 1.82) is 0 Å². The third kappa shape index (κ3) is 2.30. The van der Waals surface area contributed by atoms with E-state index in [1.807, 2.05) is 17.8 Å². The van der Waals surface area contributed by atoms with Crippen molar-refractivity contribution in [2.75, 3.05) is 5.73 Å². The Morgan fingerprint density at radius 1 is 1.29 bits per heavy atom. The van der Waals surface area contributed by atoms with Crippen molar-refractivity contribution in [2.24, 2.45) is 7.05 Å². The SMILES string of the molecule is CCC1(c2nn(C)c(N)c2-c2ccccc2Br)CCCC1. The largest absolute Gasteiger partial charge is 0.383 e. The van der Waals surface area contributed by atoms with Gasteiger partial charge in [-0.2, -0.15) is 5.10 Å². The first-order chi connectivity index (χ1) is 10.1. The Balaban J connectivity index is 2.24. The number of benzene rings is 1. The van der Waals surface area contributed by atoms with E-state index < -0.39 is 0 Å². The summed E-state index contributed by atoms with van der Waals surface area (Å²) in [7, 11) is 1.94. The van der Waals surface area contributed by atoms with E-state index >= 15 is 0 Å². The van der Waals surface area contributed by atoms with Gasteiger partial charge in [0.2, 0.25) is 0 Å². The first-order valence-electron chi connectivity index (χ1n) is 7.67. The molecule has 0 amide bonds. The summed E-state index contributed by atoms with van der Waals surface area (Å²) in [6.45, 7) is 2.28. The minimum absolute atomic E-state index is 0.194. The second-order valence-electron chi connectivity index (χ2n) is 6.05. The van der Waals surface area contributed by atoms with Gasteiger partial charge in [-0.15, -0.1) is 0 Å². The van der Waals surface area contributed by atoms with Crippen LogP contribution in [0.3, 0.4) is 0 Å². The number of hydrogen-bond donors (Lipinski definition) is 1.